The van der Waals surface area contributed by atoms with Gasteiger partial charge >= 0.3 is 0 Å². The first-order chi connectivity index (χ1) is 10.1. The maximum Gasteiger partial charge on any atom is 0.256 e. The lowest BCUT2D eigenvalue weighted by Crippen LogP contribution is -2.10. The van der Waals surface area contributed by atoms with E-state index < -0.39 is 0 Å². The van der Waals surface area contributed by atoms with Crippen LogP contribution in [0.25, 0.3) is 0 Å². The molecule has 0 spiro atoms. The Kier molecular flexibility index (Phi) is 5.39. The molecule has 0 aliphatic heterocycles. The van der Waals surface area contributed by atoms with Crippen molar-refractivity contribution in [3.63, 3.8) is 0 Å². The van der Waals surface area contributed by atoms with Crippen LogP contribution < -0.4 is 10.1 Å². The van der Waals surface area contributed by atoms with Gasteiger partial charge in [-0.2, -0.15) is 0 Å². The van der Waals surface area contributed by atoms with E-state index in [0.29, 0.717) is 17.0 Å². The fourth-order valence-electron chi connectivity index (χ4n) is 1.59. The zero-order valence-electron chi connectivity index (χ0n) is 11.1. The van der Waals surface area contributed by atoms with E-state index in [1.807, 2.05) is 0 Å². The summed E-state index contributed by atoms with van der Waals surface area (Å²) in [6.45, 7) is -0.196. The topological polar surface area (TPSA) is 58.6 Å². The highest BCUT2D eigenvalue weighted by molar-refractivity contribution is 9.10. The van der Waals surface area contributed by atoms with Gasteiger partial charge < -0.3 is 15.2 Å². The standard InChI is InChI=1S/C15H12BrNO3S/c1-20-14-8-11(4-5-13(14)16)17-15(19)10-7-12(21-9-10)3-2-6-18/h4-5,7-9,18H,6H2,1H3,(H,17,19). The Morgan fingerprint density at radius 2 is 2.29 bits per heavy atom. The second kappa shape index (κ2) is 7.27. The average Bonchev–Trinajstić information content (AvgIpc) is 2.96. The molecule has 0 saturated heterocycles. The predicted octanol–water partition coefficient (Wildman–Crippen LogP) is 3.12. The van der Waals surface area contributed by atoms with Crippen molar-refractivity contribution in [2.75, 3.05) is 19.0 Å². The van der Waals surface area contributed by atoms with E-state index in [-0.39, 0.29) is 12.5 Å². The van der Waals surface area contributed by atoms with Gasteiger partial charge in [0.1, 0.15) is 12.4 Å². The Balaban J connectivity index is 2.12. The number of benzene rings is 1. The predicted molar refractivity (Wildman–Crippen MR) is 86.9 cm³/mol. The summed E-state index contributed by atoms with van der Waals surface area (Å²) in [6, 6.07) is 7.02. The minimum atomic E-state index is -0.215. The number of carbonyl (C=O) groups excluding carboxylic acids is 1. The molecule has 0 saturated carbocycles. The lowest BCUT2D eigenvalue weighted by Gasteiger charge is -2.07. The van der Waals surface area contributed by atoms with Gasteiger partial charge in [0.15, 0.2) is 0 Å². The summed E-state index contributed by atoms with van der Waals surface area (Å²) < 4.78 is 6.00. The number of ether oxygens (including phenoxy) is 1. The van der Waals surface area contributed by atoms with Crippen molar-refractivity contribution >= 4 is 38.9 Å². The van der Waals surface area contributed by atoms with Crippen LogP contribution in [0.4, 0.5) is 5.69 Å². The van der Waals surface area contributed by atoms with E-state index in [4.69, 9.17) is 9.84 Å². The number of aliphatic hydroxyl groups is 1. The molecule has 1 amide bonds. The van der Waals surface area contributed by atoms with Crippen molar-refractivity contribution < 1.29 is 14.6 Å². The monoisotopic (exact) mass is 365 g/mol. The average molecular weight is 366 g/mol. The molecular formula is C15H12BrNO3S. The fourth-order valence-corrected chi connectivity index (χ4v) is 2.75. The van der Waals surface area contributed by atoms with Gasteiger partial charge in [-0.15, -0.1) is 11.3 Å². The van der Waals surface area contributed by atoms with Gasteiger partial charge in [-0.1, -0.05) is 11.8 Å². The lowest BCUT2D eigenvalue weighted by atomic mass is 10.2. The summed E-state index contributed by atoms with van der Waals surface area (Å²) >= 11 is 4.72. The van der Waals surface area contributed by atoms with Gasteiger partial charge in [-0.25, -0.2) is 0 Å². The van der Waals surface area contributed by atoms with Crippen LogP contribution in [0.3, 0.4) is 0 Å². The van der Waals surface area contributed by atoms with Gasteiger partial charge in [0.05, 0.1) is 22.0 Å². The number of halogens is 1. The molecule has 2 aromatic rings. The van der Waals surface area contributed by atoms with Gasteiger partial charge in [-0.3, -0.25) is 4.79 Å². The summed E-state index contributed by atoms with van der Waals surface area (Å²) in [5.74, 6) is 5.75. The molecule has 1 heterocycles. The van der Waals surface area contributed by atoms with Crippen LogP contribution in [0, 0.1) is 11.8 Å². The summed E-state index contributed by atoms with van der Waals surface area (Å²) in [5, 5.41) is 13.2. The molecular weight excluding hydrogens is 354 g/mol. The van der Waals surface area contributed by atoms with E-state index in [9.17, 15) is 4.79 Å². The summed E-state index contributed by atoms with van der Waals surface area (Å²) in [6.07, 6.45) is 0. The quantitative estimate of drug-likeness (QED) is 0.821. The SMILES string of the molecule is COc1cc(NC(=O)c2csc(C#CCO)c2)ccc1Br. The van der Waals surface area contributed by atoms with Crippen molar-refractivity contribution in [3.8, 4) is 17.6 Å². The maximum absolute atomic E-state index is 12.1. The molecule has 0 atom stereocenters. The van der Waals surface area contributed by atoms with Crippen LogP contribution in [0.15, 0.2) is 34.1 Å². The summed E-state index contributed by atoms with van der Waals surface area (Å²) in [5.41, 5.74) is 1.18. The lowest BCUT2D eigenvalue weighted by molar-refractivity contribution is 0.102. The van der Waals surface area contributed by atoms with Crippen molar-refractivity contribution in [3.05, 3.63) is 44.6 Å². The molecule has 6 heteroatoms. The minimum Gasteiger partial charge on any atom is -0.495 e. The van der Waals surface area contributed by atoms with Crippen LogP contribution in [-0.2, 0) is 0 Å². The Morgan fingerprint density at radius 3 is 3.00 bits per heavy atom. The molecule has 2 rings (SSSR count). The van der Waals surface area contributed by atoms with Crippen LogP contribution >= 0.6 is 27.3 Å². The first-order valence-corrected chi connectivity index (χ1v) is 7.64. The van der Waals surface area contributed by atoms with Crippen LogP contribution in [0.5, 0.6) is 5.75 Å². The number of rotatable bonds is 3. The first kappa shape index (κ1) is 15.6. The highest BCUT2D eigenvalue weighted by Crippen LogP contribution is 2.28. The molecule has 1 aromatic carbocycles. The zero-order chi connectivity index (χ0) is 15.2. The third-order valence-electron chi connectivity index (χ3n) is 2.56. The number of hydrogen-bond donors (Lipinski definition) is 2. The van der Waals surface area contributed by atoms with E-state index >= 15 is 0 Å². The smallest absolute Gasteiger partial charge is 0.256 e. The largest absolute Gasteiger partial charge is 0.495 e. The molecule has 4 nitrogen and oxygen atoms in total. The maximum atomic E-state index is 12.1. The number of amides is 1. The molecule has 21 heavy (non-hydrogen) atoms. The fraction of sp³-hybridized carbons (Fsp3) is 0.133. The molecule has 0 fully saturated rings. The number of methoxy groups -OCH3 is 1. The number of nitrogens with one attached hydrogen (secondary N) is 1. The van der Waals surface area contributed by atoms with E-state index in [1.54, 1.807) is 36.8 Å². The number of carbonyl (C=O) groups is 1. The van der Waals surface area contributed by atoms with Crippen LogP contribution in [0.2, 0.25) is 0 Å². The number of aliphatic hydroxyl groups excluding tert-OH is 1. The van der Waals surface area contributed by atoms with Gasteiger partial charge in [-0.05, 0) is 34.1 Å². The van der Waals surface area contributed by atoms with E-state index in [0.717, 1.165) is 9.35 Å². The van der Waals surface area contributed by atoms with Crippen molar-refractivity contribution in [2.45, 2.75) is 0 Å². The Labute approximate surface area is 134 Å². The van der Waals surface area contributed by atoms with Crippen molar-refractivity contribution in [1.82, 2.24) is 0 Å². The van der Waals surface area contributed by atoms with Crippen molar-refractivity contribution in [1.29, 1.82) is 0 Å². The molecule has 108 valence electrons. The van der Waals surface area contributed by atoms with Crippen molar-refractivity contribution in [2.24, 2.45) is 0 Å². The Bertz CT molecular complexity index is 715. The van der Waals surface area contributed by atoms with E-state index in [1.165, 1.54) is 11.3 Å². The number of hydrogen-bond acceptors (Lipinski definition) is 4. The molecule has 0 aliphatic carbocycles. The highest BCUT2D eigenvalue weighted by Gasteiger charge is 2.10. The number of anilines is 1. The number of thiophene rings is 1. The first-order valence-electron chi connectivity index (χ1n) is 5.97. The van der Waals surface area contributed by atoms with Gasteiger partial charge in [0.2, 0.25) is 0 Å². The van der Waals surface area contributed by atoms with Gasteiger partial charge in [0, 0.05) is 17.1 Å². The molecule has 2 N–H and O–H groups in total. The molecule has 0 unspecified atom stereocenters. The zero-order valence-corrected chi connectivity index (χ0v) is 13.5. The second-order valence-corrected chi connectivity index (χ2v) is 5.73. The second-order valence-electron chi connectivity index (χ2n) is 3.96. The third-order valence-corrected chi connectivity index (χ3v) is 4.06. The summed E-state index contributed by atoms with van der Waals surface area (Å²) in [4.78, 5) is 12.9. The highest BCUT2D eigenvalue weighted by atomic mass is 79.9. The Hall–Kier alpha value is -1.81. The molecule has 1 aromatic heterocycles. The molecule has 0 aliphatic rings. The minimum absolute atomic E-state index is 0.196. The van der Waals surface area contributed by atoms with Gasteiger partial charge in [0.25, 0.3) is 5.91 Å². The van der Waals surface area contributed by atoms with Crippen LogP contribution in [0.1, 0.15) is 15.2 Å². The third kappa shape index (κ3) is 4.08. The van der Waals surface area contributed by atoms with E-state index in [2.05, 4.69) is 33.1 Å². The normalized spacial score (nSPS) is 9.67. The molecule has 0 bridgehead atoms. The summed E-state index contributed by atoms with van der Waals surface area (Å²) in [7, 11) is 1.57. The van der Waals surface area contributed by atoms with Crippen LogP contribution in [-0.4, -0.2) is 24.7 Å². The molecule has 0 radical (unpaired) electrons. The Morgan fingerprint density at radius 1 is 1.48 bits per heavy atom.